The zero-order valence-electron chi connectivity index (χ0n) is 21.6. The molecule has 0 saturated heterocycles. The van der Waals surface area contributed by atoms with Crippen molar-refractivity contribution in [2.45, 2.75) is 40.2 Å². The number of ether oxygens (including phenoxy) is 1. The predicted octanol–water partition coefficient (Wildman–Crippen LogP) is 4.68. The van der Waals surface area contributed by atoms with Crippen molar-refractivity contribution in [1.29, 1.82) is 0 Å². The Balaban J connectivity index is 0.000000204. The van der Waals surface area contributed by atoms with Gasteiger partial charge < -0.3 is 21.5 Å². The van der Waals surface area contributed by atoms with E-state index in [2.05, 4.69) is 72.8 Å². The highest BCUT2D eigenvalue weighted by atomic mass is 16.5. The SMILES string of the molecule is CNC(C)(C)C.COC(=O)c1ccn(-c2ncccn2)c1N.Cc1c(N)cc2ccccc2c1C. The van der Waals surface area contributed by atoms with Crippen molar-refractivity contribution in [3.63, 3.8) is 0 Å². The number of aryl methyl sites for hydroxylation is 1. The van der Waals surface area contributed by atoms with Crippen LogP contribution >= 0.6 is 0 Å². The third-order valence-electron chi connectivity index (χ3n) is 5.52. The van der Waals surface area contributed by atoms with Crippen LogP contribution in [0.1, 0.15) is 42.3 Å². The monoisotopic (exact) mass is 476 g/mol. The van der Waals surface area contributed by atoms with E-state index >= 15 is 0 Å². The molecule has 2 aromatic heterocycles. The van der Waals surface area contributed by atoms with Crippen LogP contribution in [0.3, 0.4) is 0 Å². The van der Waals surface area contributed by atoms with E-state index in [-0.39, 0.29) is 5.82 Å². The summed E-state index contributed by atoms with van der Waals surface area (Å²) in [5.74, 6) is 0.195. The first-order valence-electron chi connectivity index (χ1n) is 11.3. The molecule has 2 heterocycles. The van der Waals surface area contributed by atoms with Gasteiger partial charge in [0.15, 0.2) is 0 Å². The summed E-state index contributed by atoms with van der Waals surface area (Å²) >= 11 is 0. The lowest BCUT2D eigenvalue weighted by molar-refractivity contribution is 0.0602. The van der Waals surface area contributed by atoms with Gasteiger partial charge in [-0.1, -0.05) is 24.3 Å². The smallest absolute Gasteiger partial charge is 0.341 e. The van der Waals surface area contributed by atoms with Crippen LogP contribution in [-0.4, -0.2) is 40.2 Å². The van der Waals surface area contributed by atoms with E-state index in [1.165, 1.54) is 33.6 Å². The highest BCUT2D eigenvalue weighted by Crippen LogP contribution is 2.26. The molecule has 0 spiro atoms. The maximum absolute atomic E-state index is 11.3. The summed E-state index contributed by atoms with van der Waals surface area (Å²) in [6.45, 7) is 10.6. The maximum Gasteiger partial charge on any atom is 0.341 e. The Kier molecular flexibility index (Phi) is 9.36. The number of hydrogen-bond donors (Lipinski definition) is 3. The third-order valence-corrected chi connectivity index (χ3v) is 5.52. The summed E-state index contributed by atoms with van der Waals surface area (Å²) in [4.78, 5) is 19.4. The second kappa shape index (κ2) is 12.0. The zero-order chi connectivity index (χ0) is 26.2. The molecule has 4 aromatic rings. The van der Waals surface area contributed by atoms with Crippen LogP contribution in [0.2, 0.25) is 0 Å². The topological polar surface area (TPSA) is 121 Å². The summed E-state index contributed by atoms with van der Waals surface area (Å²) < 4.78 is 6.11. The van der Waals surface area contributed by atoms with Gasteiger partial charge in [0.25, 0.3) is 0 Å². The molecule has 0 fully saturated rings. The number of nitrogens with zero attached hydrogens (tertiary/aromatic N) is 3. The van der Waals surface area contributed by atoms with E-state index in [1.807, 2.05) is 19.2 Å². The molecule has 8 nitrogen and oxygen atoms in total. The van der Waals surface area contributed by atoms with Crippen LogP contribution in [0.25, 0.3) is 16.7 Å². The van der Waals surface area contributed by atoms with Crippen LogP contribution in [0.4, 0.5) is 11.5 Å². The van der Waals surface area contributed by atoms with Gasteiger partial charge in [0.2, 0.25) is 5.95 Å². The number of nitrogens with one attached hydrogen (secondary N) is 1. The van der Waals surface area contributed by atoms with Crippen LogP contribution in [0.5, 0.6) is 0 Å². The molecule has 8 heteroatoms. The Hall–Kier alpha value is -3.91. The minimum Gasteiger partial charge on any atom is -0.465 e. The van der Waals surface area contributed by atoms with Gasteiger partial charge in [-0.05, 0) is 81.8 Å². The number of aromatic nitrogens is 3. The quantitative estimate of drug-likeness (QED) is 0.284. The molecule has 0 amide bonds. The molecular weight excluding hydrogens is 440 g/mol. The van der Waals surface area contributed by atoms with Crippen molar-refractivity contribution >= 4 is 28.2 Å². The average molecular weight is 477 g/mol. The lowest BCUT2D eigenvalue weighted by atomic mass is 9.99. The second-order valence-corrected chi connectivity index (χ2v) is 8.96. The first-order valence-corrected chi connectivity index (χ1v) is 11.3. The van der Waals surface area contributed by atoms with Crippen molar-refractivity contribution in [1.82, 2.24) is 19.9 Å². The highest BCUT2D eigenvalue weighted by molar-refractivity contribution is 5.94. The molecule has 0 bridgehead atoms. The van der Waals surface area contributed by atoms with E-state index in [4.69, 9.17) is 11.5 Å². The zero-order valence-corrected chi connectivity index (χ0v) is 21.6. The molecule has 0 aliphatic carbocycles. The van der Waals surface area contributed by atoms with Gasteiger partial charge in [-0.2, -0.15) is 0 Å². The van der Waals surface area contributed by atoms with Crippen LogP contribution in [0, 0.1) is 13.8 Å². The predicted molar refractivity (Wildman–Crippen MR) is 144 cm³/mol. The van der Waals surface area contributed by atoms with E-state index in [9.17, 15) is 4.79 Å². The van der Waals surface area contributed by atoms with Crippen molar-refractivity contribution < 1.29 is 9.53 Å². The molecule has 4 rings (SSSR count). The molecule has 0 aliphatic heterocycles. The number of carbonyl (C=O) groups excluding carboxylic acids is 1. The summed E-state index contributed by atoms with van der Waals surface area (Å²) in [7, 11) is 3.26. The van der Waals surface area contributed by atoms with Gasteiger partial charge in [0, 0.05) is 29.8 Å². The maximum atomic E-state index is 11.3. The third kappa shape index (κ3) is 7.28. The van der Waals surface area contributed by atoms with Crippen molar-refractivity contribution in [2.75, 3.05) is 25.6 Å². The fourth-order valence-electron chi connectivity index (χ4n) is 2.98. The number of anilines is 2. The van der Waals surface area contributed by atoms with Crippen LogP contribution in [0.15, 0.2) is 61.1 Å². The lowest BCUT2D eigenvalue weighted by Gasteiger charge is -2.15. The van der Waals surface area contributed by atoms with E-state index < -0.39 is 5.97 Å². The molecule has 0 radical (unpaired) electrons. The summed E-state index contributed by atoms with van der Waals surface area (Å²) in [5.41, 5.74) is 15.6. The highest BCUT2D eigenvalue weighted by Gasteiger charge is 2.15. The standard InChI is InChI=1S/C12H13N.C10H10N4O2.C5H13N/c1-8-9(2)12(13)7-10-5-3-4-6-11(8)10;1-16-9(15)7-3-6-14(8(7)11)10-12-4-2-5-13-10;1-5(2,3)6-4/h3-7H,13H2,1-2H3;2-6H,11H2,1H3;6H,1-4H3. The number of carbonyl (C=O) groups is 1. The number of methoxy groups -OCH3 is 1. The number of nitrogens with two attached hydrogens (primary N) is 2. The second-order valence-electron chi connectivity index (χ2n) is 8.96. The van der Waals surface area contributed by atoms with Gasteiger partial charge in [0.05, 0.1) is 7.11 Å². The Morgan fingerprint density at radius 2 is 1.60 bits per heavy atom. The largest absolute Gasteiger partial charge is 0.465 e. The van der Waals surface area contributed by atoms with Gasteiger partial charge >= 0.3 is 5.97 Å². The Morgan fingerprint density at radius 1 is 1.00 bits per heavy atom. The van der Waals surface area contributed by atoms with Gasteiger partial charge in [-0.25, -0.2) is 14.8 Å². The fraction of sp³-hybridized carbons (Fsp3) is 0.296. The van der Waals surface area contributed by atoms with Crippen LogP contribution < -0.4 is 16.8 Å². The molecule has 35 heavy (non-hydrogen) atoms. The van der Waals surface area contributed by atoms with E-state index in [0.29, 0.717) is 17.1 Å². The van der Waals surface area contributed by atoms with Gasteiger partial charge in [-0.15, -0.1) is 0 Å². The average Bonchev–Trinajstić information content (AvgIpc) is 3.24. The number of fused-ring (bicyclic) bond motifs is 1. The Bertz CT molecular complexity index is 1260. The normalized spacial score (nSPS) is 10.6. The molecular formula is C27H36N6O2. The molecule has 5 N–H and O–H groups in total. The van der Waals surface area contributed by atoms with E-state index in [1.54, 1.807) is 30.7 Å². The first-order chi connectivity index (χ1) is 16.5. The number of rotatable bonds is 2. The lowest BCUT2D eigenvalue weighted by Crippen LogP contribution is -2.31. The molecule has 0 saturated carbocycles. The Labute approximate surface area is 207 Å². The minimum absolute atomic E-state index is 0.262. The minimum atomic E-state index is -0.479. The number of benzene rings is 2. The molecule has 0 unspecified atom stereocenters. The molecule has 0 aliphatic rings. The number of nitrogen functional groups attached to an aromatic ring is 2. The summed E-state index contributed by atoms with van der Waals surface area (Å²) in [5, 5.41) is 5.63. The first kappa shape index (κ1) is 27.3. The van der Waals surface area contributed by atoms with Crippen molar-refractivity contribution in [2.24, 2.45) is 0 Å². The summed E-state index contributed by atoms with van der Waals surface area (Å²) in [6, 6.07) is 13.6. The molecule has 0 atom stereocenters. The fourth-order valence-corrected chi connectivity index (χ4v) is 2.98. The van der Waals surface area contributed by atoms with Crippen LogP contribution in [-0.2, 0) is 4.74 Å². The summed E-state index contributed by atoms with van der Waals surface area (Å²) in [6.07, 6.45) is 4.82. The van der Waals surface area contributed by atoms with Gasteiger partial charge in [0.1, 0.15) is 11.4 Å². The molecule has 2 aromatic carbocycles. The number of esters is 1. The Morgan fingerprint density at radius 3 is 2.17 bits per heavy atom. The van der Waals surface area contributed by atoms with E-state index in [0.717, 1.165) is 5.69 Å². The van der Waals surface area contributed by atoms with Crippen molar-refractivity contribution in [3.05, 3.63) is 77.7 Å². The molecule has 186 valence electrons. The van der Waals surface area contributed by atoms with Crippen molar-refractivity contribution in [3.8, 4) is 5.95 Å². The number of hydrogen-bond acceptors (Lipinski definition) is 7. The van der Waals surface area contributed by atoms with Gasteiger partial charge in [-0.3, -0.25) is 4.57 Å².